The van der Waals surface area contributed by atoms with E-state index in [0.717, 1.165) is 61.2 Å². The van der Waals surface area contributed by atoms with Crippen LogP contribution in [0.15, 0.2) is 29.0 Å². The van der Waals surface area contributed by atoms with Crippen LogP contribution in [0.5, 0.6) is 0 Å². The van der Waals surface area contributed by atoms with Gasteiger partial charge in [-0.3, -0.25) is 4.90 Å². The van der Waals surface area contributed by atoms with E-state index < -0.39 is 0 Å². The lowest BCUT2D eigenvalue weighted by Gasteiger charge is -2.35. The number of nitrogens with zero attached hydrogens (tertiary/aromatic N) is 7. The fourth-order valence-electron chi connectivity index (χ4n) is 3.78. The lowest BCUT2D eigenvalue weighted by Crippen LogP contribution is -2.46. The molecule has 1 aliphatic heterocycles. The van der Waals surface area contributed by atoms with Crippen LogP contribution in [0.2, 0.25) is 0 Å². The molecule has 3 heterocycles. The first kappa shape index (κ1) is 17.4. The first-order valence-corrected chi connectivity index (χ1v) is 9.89. The van der Waals surface area contributed by atoms with Crippen molar-refractivity contribution < 1.29 is 4.52 Å². The van der Waals surface area contributed by atoms with Crippen molar-refractivity contribution in [1.29, 1.82) is 0 Å². The van der Waals surface area contributed by atoms with E-state index in [1.165, 1.54) is 18.5 Å². The normalized spacial score (nSPS) is 18.0. The maximum atomic E-state index is 5.38. The van der Waals surface area contributed by atoms with Gasteiger partial charge in [0.2, 0.25) is 5.89 Å². The van der Waals surface area contributed by atoms with Crippen molar-refractivity contribution in [1.82, 2.24) is 25.0 Å². The van der Waals surface area contributed by atoms with E-state index >= 15 is 0 Å². The number of piperazine rings is 1. The highest BCUT2D eigenvalue weighted by atomic mass is 16.5. The lowest BCUT2D eigenvalue weighted by atomic mass is 10.1. The summed E-state index contributed by atoms with van der Waals surface area (Å²) < 4.78 is 5.38. The molecular formula is C20H25N7O. The molecule has 8 heteroatoms. The summed E-state index contributed by atoms with van der Waals surface area (Å²) in [5.41, 5.74) is 2.20. The Labute approximate surface area is 164 Å². The van der Waals surface area contributed by atoms with Gasteiger partial charge in [-0.1, -0.05) is 5.16 Å². The van der Waals surface area contributed by atoms with Gasteiger partial charge in [-0.2, -0.15) is 4.98 Å². The maximum absolute atomic E-state index is 5.38. The van der Waals surface area contributed by atoms with Gasteiger partial charge in [0.15, 0.2) is 5.82 Å². The lowest BCUT2D eigenvalue weighted by molar-refractivity contribution is 0.240. The Kier molecular flexibility index (Phi) is 4.35. The van der Waals surface area contributed by atoms with Gasteiger partial charge < -0.3 is 14.3 Å². The quantitative estimate of drug-likeness (QED) is 0.668. The van der Waals surface area contributed by atoms with E-state index in [1.807, 2.05) is 19.0 Å². The highest BCUT2D eigenvalue weighted by Crippen LogP contribution is 2.38. The number of anilines is 2. The van der Waals surface area contributed by atoms with Crippen LogP contribution >= 0.6 is 0 Å². The zero-order valence-electron chi connectivity index (χ0n) is 16.4. The molecule has 0 N–H and O–H groups in total. The molecular weight excluding hydrogens is 354 g/mol. The number of aromatic nitrogens is 4. The summed E-state index contributed by atoms with van der Waals surface area (Å²) in [6.07, 6.45) is 4.00. The standard InChI is InChI=1S/C20H25N7O/c1-25(2)19-16-11-15(5-6-17(16)21-13-22-19)27-9-7-26(8-10-27)12-18-23-20(28-24-18)14-3-4-14/h5-6,11,13-14H,3-4,7-10,12H2,1-2H3. The second-order valence-corrected chi connectivity index (χ2v) is 7.88. The summed E-state index contributed by atoms with van der Waals surface area (Å²) in [5, 5.41) is 5.24. The average Bonchev–Trinajstić information content (AvgIpc) is 3.47. The van der Waals surface area contributed by atoms with E-state index in [4.69, 9.17) is 4.52 Å². The number of benzene rings is 1. The topological polar surface area (TPSA) is 74.4 Å². The van der Waals surface area contributed by atoms with E-state index in [2.05, 4.69) is 48.1 Å². The Bertz CT molecular complexity index is 974. The predicted molar refractivity (Wildman–Crippen MR) is 108 cm³/mol. The highest BCUT2D eigenvalue weighted by molar-refractivity contribution is 5.91. The molecule has 0 amide bonds. The molecule has 0 unspecified atom stereocenters. The summed E-state index contributed by atoms with van der Waals surface area (Å²) in [6, 6.07) is 6.46. The van der Waals surface area contributed by atoms with Gasteiger partial charge in [0.25, 0.3) is 0 Å². The molecule has 8 nitrogen and oxygen atoms in total. The summed E-state index contributed by atoms with van der Waals surface area (Å²) >= 11 is 0. The van der Waals surface area contributed by atoms with Crippen molar-refractivity contribution in [3.8, 4) is 0 Å². The van der Waals surface area contributed by atoms with Gasteiger partial charge >= 0.3 is 0 Å². The Morgan fingerprint density at radius 2 is 1.93 bits per heavy atom. The first-order chi connectivity index (χ1) is 13.7. The first-order valence-electron chi connectivity index (χ1n) is 9.89. The minimum absolute atomic E-state index is 0.516. The second kappa shape index (κ2) is 7.01. The third-order valence-electron chi connectivity index (χ3n) is 5.53. The molecule has 2 aliphatic rings. The van der Waals surface area contributed by atoms with Crippen molar-refractivity contribution in [2.45, 2.75) is 25.3 Å². The van der Waals surface area contributed by atoms with Crippen molar-refractivity contribution >= 4 is 22.4 Å². The molecule has 1 saturated heterocycles. The van der Waals surface area contributed by atoms with Crippen molar-refractivity contribution in [3.05, 3.63) is 36.2 Å². The SMILES string of the molecule is CN(C)c1ncnc2ccc(N3CCN(Cc4noc(C5CC5)n4)CC3)cc12. The third kappa shape index (κ3) is 3.40. The van der Waals surface area contributed by atoms with Crippen LogP contribution in [0.25, 0.3) is 10.9 Å². The molecule has 1 aromatic carbocycles. The molecule has 0 atom stereocenters. The van der Waals surface area contributed by atoms with E-state index in [0.29, 0.717) is 5.92 Å². The predicted octanol–water partition coefficient (Wildman–Crippen LogP) is 2.28. The van der Waals surface area contributed by atoms with Crippen LogP contribution in [0.3, 0.4) is 0 Å². The fourth-order valence-corrected chi connectivity index (χ4v) is 3.78. The van der Waals surface area contributed by atoms with E-state index in [-0.39, 0.29) is 0 Å². The molecule has 2 fully saturated rings. The largest absolute Gasteiger partial charge is 0.369 e. The minimum atomic E-state index is 0.516. The molecule has 1 saturated carbocycles. The summed E-state index contributed by atoms with van der Waals surface area (Å²) in [6.45, 7) is 4.68. The van der Waals surface area contributed by atoms with Crippen LogP contribution in [-0.4, -0.2) is 65.3 Å². The van der Waals surface area contributed by atoms with Crippen molar-refractivity contribution in [3.63, 3.8) is 0 Å². The Hall–Kier alpha value is -2.74. The van der Waals surface area contributed by atoms with Gasteiger partial charge in [-0.15, -0.1) is 0 Å². The van der Waals surface area contributed by atoms with E-state index in [1.54, 1.807) is 6.33 Å². The average molecular weight is 379 g/mol. The molecule has 146 valence electrons. The monoisotopic (exact) mass is 379 g/mol. The van der Waals surface area contributed by atoms with Gasteiger partial charge in [0.1, 0.15) is 12.1 Å². The molecule has 5 rings (SSSR count). The Morgan fingerprint density at radius 3 is 2.68 bits per heavy atom. The molecule has 0 radical (unpaired) electrons. The Morgan fingerprint density at radius 1 is 1.11 bits per heavy atom. The Balaban J connectivity index is 1.26. The van der Waals surface area contributed by atoms with E-state index in [9.17, 15) is 0 Å². The molecule has 2 aromatic heterocycles. The minimum Gasteiger partial charge on any atom is -0.369 e. The number of hydrogen-bond donors (Lipinski definition) is 0. The summed E-state index contributed by atoms with van der Waals surface area (Å²) in [5.74, 6) is 3.11. The molecule has 28 heavy (non-hydrogen) atoms. The van der Waals surface area contributed by atoms with Crippen LogP contribution in [0, 0.1) is 0 Å². The zero-order chi connectivity index (χ0) is 19.1. The molecule has 0 spiro atoms. The molecule has 1 aliphatic carbocycles. The fraction of sp³-hybridized carbons (Fsp3) is 0.500. The van der Waals surface area contributed by atoms with Crippen LogP contribution in [-0.2, 0) is 6.54 Å². The summed E-state index contributed by atoms with van der Waals surface area (Å²) in [4.78, 5) is 20.2. The van der Waals surface area contributed by atoms with Gasteiger partial charge in [-0.25, -0.2) is 9.97 Å². The van der Waals surface area contributed by atoms with Crippen LogP contribution < -0.4 is 9.80 Å². The zero-order valence-corrected chi connectivity index (χ0v) is 16.4. The van der Waals surface area contributed by atoms with Gasteiger partial charge in [0, 0.05) is 57.3 Å². The van der Waals surface area contributed by atoms with Crippen LogP contribution in [0.1, 0.15) is 30.5 Å². The molecule has 3 aromatic rings. The van der Waals surface area contributed by atoms with Crippen LogP contribution in [0.4, 0.5) is 11.5 Å². The van der Waals surface area contributed by atoms with Crippen molar-refractivity contribution in [2.75, 3.05) is 50.1 Å². The number of fused-ring (bicyclic) bond motifs is 1. The molecule has 0 bridgehead atoms. The maximum Gasteiger partial charge on any atom is 0.229 e. The number of hydrogen-bond acceptors (Lipinski definition) is 8. The number of rotatable bonds is 5. The van der Waals surface area contributed by atoms with Gasteiger partial charge in [-0.05, 0) is 31.0 Å². The second-order valence-electron chi connectivity index (χ2n) is 7.88. The highest BCUT2D eigenvalue weighted by Gasteiger charge is 2.30. The van der Waals surface area contributed by atoms with Crippen molar-refractivity contribution in [2.24, 2.45) is 0 Å². The smallest absolute Gasteiger partial charge is 0.229 e. The summed E-state index contributed by atoms with van der Waals surface area (Å²) in [7, 11) is 4.03. The third-order valence-corrected chi connectivity index (χ3v) is 5.53. The van der Waals surface area contributed by atoms with Gasteiger partial charge in [0.05, 0.1) is 12.1 Å².